The molecule has 32 heavy (non-hydrogen) atoms. The molecule has 5 aromatic rings. The largest absolute Gasteiger partial charge is 0.361 e. The molecular weight excluding hydrogens is 416 g/mol. The van der Waals surface area contributed by atoms with E-state index >= 15 is 0 Å². The number of hydrogen-bond acceptors (Lipinski definition) is 6. The lowest BCUT2D eigenvalue weighted by atomic mass is 10.1. The summed E-state index contributed by atoms with van der Waals surface area (Å²) in [6, 6.07) is 19.2. The van der Waals surface area contributed by atoms with E-state index in [0.717, 1.165) is 46.9 Å². The van der Waals surface area contributed by atoms with Crippen molar-refractivity contribution in [3.63, 3.8) is 0 Å². The quantitative estimate of drug-likeness (QED) is 0.287. The SMILES string of the molecule is CN(C)CCNCc1ccc(-c2cc3ncnc(Nc4ccc5[nH]ccc5c4)c3s2)cc1. The second-order valence-electron chi connectivity index (χ2n) is 8.13. The van der Waals surface area contributed by atoms with Crippen LogP contribution in [0.3, 0.4) is 0 Å². The minimum Gasteiger partial charge on any atom is -0.361 e. The van der Waals surface area contributed by atoms with Gasteiger partial charge < -0.3 is 20.5 Å². The number of nitrogens with zero attached hydrogens (tertiary/aromatic N) is 3. The summed E-state index contributed by atoms with van der Waals surface area (Å²) in [5.74, 6) is 0.836. The summed E-state index contributed by atoms with van der Waals surface area (Å²) in [6.07, 6.45) is 3.58. The lowest BCUT2D eigenvalue weighted by Crippen LogP contribution is -2.26. The number of aromatic amines is 1. The maximum Gasteiger partial charge on any atom is 0.151 e. The first-order valence-electron chi connectivity index (χ1n) is 10.7. The van der Waals surface area contributed by atoms with Gasteiger partial charge in [-0.15, -0.1) is 11.3 Å². The van der Waals surface area contributed by atoms with Crippen LogP contribution in [0.25, 0.3) is 31.6 Å². The number of thiophene rings is 1. The highest BCUT2D eigenvalue weighted by Gasteiger charge is 2.11. The monoisotopic (exact) mass is 442 g/mol. The Morgan fingerprint density at radius 1 is 1.00 bits per heavy atom. The molecule has 0 fully saturated rings. The van der Waals surface area contributed by atoms with Crippen molar-refractivity contribution < 1.29 is 0 Å². The number of benzene rings is 2. The van der Waals surface area contributed by atoms with Crippen molar-refractivity contribution >= 4 is 44.0 Å². The number of likely N-dealkylation sites (N-methyl/N-ethyl adjacent to an activating group) is 1. The maximum atomic E-state index is 4.51. The first kappa shape index (κ1) is 20.6. The third-order valence-electron chi connectivity index (χ3n) is 5.43. The van der Waals surface area contributed by atoms with Crippen molar-refractivity contribution in [2.24, 2.45) is 0 Å². The molecule has 0 aliphatic heterocycles. The van der Waals surface area contributed by atoms with Crippen LogP contribution in [-0.2, 0) is 6.54 Å². The van der Waals surface area contributed by atoms with Crippen LogP contribution in [0.5, 0.6) is 0 Å². The van der Waals surface area contributed by atoms with Crippen LogP contribution >= 0.6 is 11.3 Å². The fourth-order valence-electron chi connectivity index (χ4n) is 3.68. The predicted molar refractivity (Wildman–Crippen MR) is 135 cm³/mol. The van der Waals surface area contributed by atoms with E-state index in [1.54, 1.807) is 17.7 Å². The highest BCUT2D eigenvalue weighted by molar-refractivity contribution is 7.22. The van der Waals surface area contributed by atoms with Gasteiger partial charge in [-0.3, -0.25) is 0 Å². The van der Waals surface area contributed by atoms with Gasteiger partial charge in [0.1, 0.15) is 6.33 Å². The highest BCUT2D eigenvalue weighted by atomic mass is 32.1. The summed E-state index contributed by atoms with van der Waals surface area (Å²) < 4.78 is 1.06. The molecule has 0 bridgehead atoms. The summed E-state index contributed by atoms with van der Waals surface area (Å²) in [5.41, 5.74) is 5.58. The van der Waals surface area contributed by atoms with E-state index in [0.29, 0.717) is 0 Å². The minimum atomic E-state index is 0.836. The average Bonchev–Trinajstić information content (AvgIpc) is 3.44. The van der Waals surface area contributed by atoms with Gasteiger partial charge in [0.2, 0.25) is 0 Å². The number of fused-ring (bicyclic) bond motifs is 2. The third kappa shape index (κ3) is 4.50. The maximum absolute atomic E-state index is 4.51. The van der Waals surface area contributed by atoms with Gasteiger partial charge in [0.05, 0.1) is 10.2 Å². The van der Waals surface area contributed by atoms with Gasteiger partial charge in [-0.2, -0.15) is 0 Å². The van der Waals surface area contributed by atoms with Gasteiger partial charge >= 0.3 is 0 Å². The van der Waals surface area contributed by atoms with Gasteiger partial charge in [-0.1, -0.05) is 24.3 Å². The van der Waals surface area contributed by atoms with Crippen LogP contribution in [-0.4, -0.2) is 47.0 Å². The molecule has 162 valence electrons. The second kappa shape index (κ2) is 9.08. The smallest absolute Gasteiger partial charge is 0.151 e. The first-order valence-corrected chi connectivity index (χ1v) is 11.5. The zero-order valence-electron chi connectivity index (χ0n) is 18.2. The summed E-state index contributed by atoms with van der Waals surface area (Å²) in [7, 11) is 4.18. The van der Waals surface area contributed by atoms with Gasteiger partial charge in [0.15, 0.2) is 5.82 Å². The summed E-state index contributed by atoms with van der Waals surface area (Å²) in [4.78, 5) is 15.6. The van der Waals surface area contributed by atoms with Crippen LogP contribution in [0.1, 0.15) is 5.56 Å². The fourth-order valence-corrected chi connectivity index (χ4v) is 4.74. The Kier molecular flexibility index (Phi) is 5.85. The van der Waals surface area contributed by atoms with E-state index < -0.39 is 0 Å². The Labute approximate surface area is 191 Å². The van der Waals surface area contributed by atoms with Gasteiger partial charge in [-0.25, -0.2) is 9.97 Å². The Bertz CT molecular complexity index is 1340. The number of hydrogen-bond donors (Lipinski definition) is 3. The highest BCUT2D eigenvalue weighted by Crippen LogP contribution is 2.36. The Morgan fingerprint density at radius 2 is 1.88 bits per heavy atom. The summed E-state index contributed by atoms with van der Waals surface area (Å²) in [6.45, 7) is 2.90. The lowest BCUT2D eigenvalue weighted by Gasteiger charge is -2.10. The molecular formula is C25H26N6S. The zero-order valence-corrected chi connectivity index (χ0v) is 19.0. The van der Waals surface area contributed by atoms with Gasteiger partial charge in [0, 0.05) is 47.3 Å². The van der Waals surface area contributed by atoms with Crippen LogP contribution in [0.4, 0.5) is 11.5 Å². The molecule has 0 spiro atoms. The molecule has 0 saturated heterocycles. The predicted octanol–water partition coefficient (Wildman–Crippen LogP) is 5.23. The standard InChI is InChI=1S/C25H26N6S/c1-31(2)12-11-26-15-17-3-5-18(6-4-17)23-14-22-24(32-23)25(29-16-28-22)30-20-7-8-21-19(13-20)9-10-27-21/h3-10,13-14,16,26-27H,11-12,15H2,1-2H3,(H,28,29,30). The topological polar surface area (TPSA) is 68.9 Å². The van der Waals surface area contributed by atoms with Crippen LogP contribution in [0.15, 0.2) is 67.1 Å². The van der Waals surface area contributed by atoms with Crippen molar-refractivity contribution in [2.45, 2.75) is 6.54 Å². The molecule has 0 saturated carbocycles. The molecule has 0 atom stereocenters. The average molecular weight is 443 g/mol. The van der Waals surface area contributed by atoms with E-state index in [4.69, 9.17) is 0 Å². The van der Waals surface area contributed by atoms with Crippen molar-refractivity contribution in [1.82, 2.24) is 25.2 Å². The number of anilines is 2. The minimum absolute atomic E-state index is 0.836. The van der Waals surface area contributed by atoms with Crippen LogP contribution in [0, 0.1) is 0 Å². The van der Waals surface area contributed by atoms with Crippen molar-refractivity contribution in [3.05, 3.63) is 72.7 Å². The lowest BCUT2D eigenvalue weighted by molar-refractivity contribution is 0.400. The fraction of sp³-hybridized carbons (Fsp3) is 0.200. The van der Waals surface area contributed by atoms with Crippen LogP contribution < -0.4 is 10.6 Å². The molecule has 7 heteroatoms. The molecule has 3 N–H and O–H groups in total. The Balaban J connectivity index is 1.34. The first-order chi connectivity index (χ1) is 15.7. The second-order valence-corrected chi connectivity index (χ2v) is 9.18. The number of nitrogens with one attached hydrogen (secondary N) is 3. The summed E-state index contributed by atoms with van der Waals surface area (Å²) in [5, 5.41) is 8.13. The van der Waals surface area contributed by atoms with Gasteiger partial charge in [0.25, 0.3) is 0 Å². The van der Waals surface area contributed by atoms with E-state index in [1.807, 2.05) is 6.20 Å². The molecule has 0 aliphatic carbocycles. The van der Waals surface area contributed by atoms with E-state index in [1.165, 1.54) is 21.4 Å². The molecule has 0 unspecified atom stereocenters. The third-order valence-corrected chi connectivity index (χ3v) is 6.61. The zero-order chi connectivity index (χ0) is 21.9. The number of rotatable bonds is 8. The van der Waals surface area contributed by atoms with Crippen molar-refractivity contribution in [3.8, 4) is 10.4 Å². The molecule has 0 aliphatic rings. The van der Waals surface area contributed by atoms with E-state index in [-0.39, 0.29) is 0 Å². The molecule has 6 nitrogen and oxygen atoms in total. The molecule has 0 amide bonds. The number of H-pyrrole nitrogens is 1. The Hall–Kier alpha value is -3.26. The molecule has 2 aromatic carbocycles. The molecule has 3 heterocycles. The molecule has 0 radical (unpaired) electrons. The number of aromatic nitrogens is 3. The van der Waals surface area contributed by atoms with Gasteiger partial charge in [-0.05, 0) is 55.6 Å². The molecule has 3 aromatic heterocycles. The van der Waals surface area contributed by atoms with Crippen LogP contribution in [0.2, 0.25) is 0 Å². The van der Waals surface area contributed by atoms with Crippen molar-refractivity contribution in [2.75, 3.05) is 32.5 Å². The van der Waals surface area contributed by atoms with Crippen molar-refractivity contribution in [1.29, 1.82) is 0 Å². The summed E-state index contributed by atoms with van der Waals surface area (Å²) >= 11 is 1.72. The molecule has 5 rings (SSSR count). The Morgan fingerprint density at radius 3 is 2.72 bits per heavy atom. The van der Waals surface area contributed by atoms with E-state index in [2.05, 4.69) is 99.2 Å². The van der Waals surface area contributed by atoms with E-state index in [9.17, 15) is 0 Å². The normalized spacial score (nSPS) is 11.6.